The highest BCUT2D eigenvalue weighted by Gasteiger charge is 2.11. The van der Waals surface area contributed by atoms with E-state index >= 15 is 0 Å². The van der Waals surface area contributed by atoms with Crippen molar-refractivity contribution in [1.29, 1.82) is 0 Å². The zero-order valence-corrected chi connectivity index (χ0v) is 15.5. The van der Waals surface area contributed by atoms with Gasteiger partial charge >= 0.3 is 0 Å². The fourth-order valence-electron chi connectivity index (χ4n) is 2.46. The number of carbonyl (C=O) groups excluding carboxylic acids is 2. The maximum atomic E-state index is 11.9. The largest absolute Gasteiger partial charge is 0.347 e. The summed E-state index contributed by atoms with van der Waals surface area (Å²) in [5, 5.41) is 9.09. The molecule has 2 heterocycles. The van der Waals surface area contributed by atoms with Crippen LogP contribution in [0.4, 0.5) is 0 Å². The Bertz CT molecular complexity index is 923. The van der Waals surface area contributed by atoms with Crippen molar-refractivity contribution >= 4 is 11.8 Å². The molecule has 1 aromatic carbocycles. The quantitative estimate of drug-likeness (QED) is 0.618. The molecule has 2 aromatic heterocycles. The number of rotatable bonds is 8. The summed E-state index contributed by atoms with van der Waals surface area (Å²) in [6, 6.07) is 11.6. The second kappa shape index (κ2) is 9.40. The SMILES string of the molecule is Cc1ccc(CCC(=O)NCC(=O)NCc2nc(-c3cccnc3)no2)cc1. The lowest BCUT2D eigenvalue weighted by molar-refractivity contribution is -0.126. The first-order valence-electron chi connectivity index (χ1n) is 8.92. The third kappa shape index (κ3) is 5.73. The van der Waals surface area contributed by atoms with Crippen LogP contribution in [0.3, 0.4) is 0 Å². The van der Waals surface area contributed by atoms with E-state index in [-0.39, 0.29) is 30.8 Å². The van der Waals surface area contributed by atoms with Gasteiger partial charge in [0.1, 0.15) is 0 Å². The standard InChI is InChI=1S/C20H21N5O3/c1-14-4-6-15(7-5-14)8-9-17(26)22-12-18(27)23-13-19-24-20(25-28-19)16-3-2-10-21-11-16/h2-7,10-11H,8-9,12-13H2,1H3,(H,22,26)(H,23,27). The van der Waals surface area contributed by atoms with E-state index in [1.165, 1.54) is 5.56 Å². The van der Waals surface area contributed by atoms with Gasteiger partial charge in [-0.2, -0.15) is 4.98 Å². The second-order valence-electron chi connectivity index (χ2n) is 6.29. The molecule has 0 unspecified atom stereocenters. The predicted molar refractivity (Wildman–Crippen MR) is 102 cm³/mol. The first kappa shape index (κ1) is 19.2. The van der Waals surface area contributed by atoms with Crippen LogP contribution in [0.1, 0.15) is 23.4 Å². The molecule has 3 aromatic rings. The third-order valence-corrected chi connectivity index (χ3v) is 4.03. The van der Waals surface area contributed by atoms with Crippen molar-refractivity contribution in [2.45, 2.75) is 26.3 Å². The monoisotopic (exact) mass is 379 g/mol. The normalized spacial score (nSPS) is 10.5. The fraction of sp³-hybridized carbons (Fsp3) is 0.250. The van der Waals surface area contributed by atoms with E-state index in [9.17, 15) is 9.59 Å². The Hall–Kier alpha value is -3.55. The summed E-state index contributed by atoms with van der Waals surface area (Å²) >= 11 is 0. The maximum Gasteiger partial charge on any atom is 0.246 e. The Morgan fingerprint density at radius 3 is 2.64 bits per heavy atom. The molecule has 28 heavy (non-hydrogen) atoms. The van der Waals surface area contributed by atoms with Crippen LogP contribution in [-0.2, 0) is 22.6 Å². The average molecular weight is 379 g/mol. The van der Waals surface area contributed by atoms with Crippen LogP contribution in [0.2, 0.25) is 0 Å². The van der Waals surface area contributed by atoms with E-state index in [1.54, 1.807) is 18.5 Å². The van der Waals surface area contributed by atoms with Crippen LogP contribution in [0.25, 0.3) is 11.4 Å². The number of hydrogen-bond acceptors (Lipinski definition) is 6. The van der Waals surface area contributed by atoms with Crippen molar-refractivity contribution < 1.29 is 14.1 Å². The molecular weight excluding hydrogens is 358 g/mol. The highest BCUT2D eigenvalue weighted by atomic mass is 16.5. The first-order valence-corrected chi connectivity index (χ1v) is 8.92. The van der Waals surface area contributed by atoms with Crippen molar-refractivity contribution in [3.63, 3.8) is 0 Å². The van der Waals surface area contributed by atoms with Gasteiger partial charge in [-0.25, -0.2) is 0 Å². The molecular formula is C20H21N5O3. The molecule has 0 saturated carbocycles. The van der Waals surface area contributed by atoms with Crippen LogP contribution >= 0.6 is 0 Å². The minimum atomic E-state index is -0.329. The number of nitrogens with zero attached hydrogens (tertiary/aromatic N) is 3. The van der Waals surface area contributed by atoms with Gasteiger partial charge in [0.25, 0.3) is 0 Å². The fourth-order valence-corrected chi connectivity index (χ4v) is 2.46. The Balaban J connectivity index is 1.37. The van der Waals surface area contributed by atoms with Crippen LogP contribution in [0.15, 0.2) is 53.3 Å². The molecule has 0 aliphatic carbocycles. The van der Waals surface area contributed by atoms with E-state index < -0.39 is 0 Å². The third-order valence-electron chi connectivity index (χ3n) is 4.03. The highest BCUT2D eigenvalue weighted by molar-refractivity contribution is 5.84. The van der Waals surface area contributed by atoms with Crippen LogP contribution < -0.4 is 10.6 Å². The summed E-state index contributed by atoms with van der Waals surface area (Å²) in [7, 11) is 0. The summed E-state index contributed by atoms with van der Waals surface area (Å²) in [6.45, 7) is 2.00. The summed E-state index contributed by atoms with van der Waals surface area (Å²) in [6.07, 6.45) is 4.24. The number of aryl methyl sites for hydroxylation is 2. The van der Waals surface area contributed by atoms with Gasteiger partial charge in [-0.1, -0.05) is 35.0 Å². The second-order valence-corrected chi connectivity index (χ2v) is 6.29. The minimum Gasteiger partial charge on any atom is -0.347 e. The lowest BCUT2D eigenvalue weighted by atomic mass is 10.1. The molecule has 144 valence electrons. The molecule has 0 aliphatic heterocycles. The van der Waals surface area contributed by atoms with Crippen molar-refractivity contribution in [3.8, 4) is 11.4 Å². The zero-order chi connectivity index (χ0) is 19.8. The molecule has 3 rings (SSSR count). The van der Waals surface area contributed by atoms with Crippen LogP contribution in [-0.4, -0.2) is 33.5 Å². The summed E-state index contributed by atoms with van der Waals surface area (Å²) < 4.78 is 5.10. The van der Waals surface area contributed by atoms with Gasteiger partial charge in [-0.15, -0.1) is 0 Å². The Labute approximate surface area is 162 Å². The Kier molecular flexibility index (Phi) is 6.46. The number of hydrogen-bond donors (Lipinski definition) is 2. The van der Waals surface area contributed by atoms with Gasteiger partial charge in [0.2, 0.25) is 23.5 Å². The van der Waals surface area contributed by atoms with Crippen molar-refractivity contribution in [2.75, 3.05) is 6.54 Å². The minimum absolute atomic E-state index is 0.0886. The molecule has 2 N–H and O–H groups in total. The Morgan fingerprint density at radius 1 is 1.07 bits per heavy atom. The average Bonchev–Trinajstić information content (AvgIpc) is 3.20. The molecule has 8 nitrogen and oxygen atoms in total. The van der Waals surface area contributed by atoms with Gasteiger partial charge in [0, 0.05) is 24.4 Å². The van der Waals surface area contributed by atoms with Gasteiger partial charge in [0.15, 0.2) is 0 Å². The number of pyridine rings is 1. The number of aromatic nitrogens is 3. The first-order chi connectivity index (χ1) is 13.6. The summed E-state index contributed by atoms with van der Waals surface area (Å²) in [5.41, 5.74) is 2.99. The lowest BCUT2D eigenvalue weighted by Crippen LogP contribution is -2.36. The van der Waals surface area contributed by atoms with Gasteiger partial charge in [0.05, 0.1) is 13.1 Å². The number of carbonyl (C=O) groups is 2. The maximum absolute atomic E-state index is 11.9. The lowest BCUT2D eigenvalue weighted by Gasteiger charge is -2.06. The van der Waals surface area contributed by atoms with E-state index in [4.69, 9.17) is 4.52 Å². The number of nitrogens with one attached hydrogen (secondary N) is 2. The molecule has 0 spiro atoms. The molecule has 0 bridgehead atoms. The number of amides is 2. The summed E-state index contributed by atoms with van der Waals surface area (Å²) in [5.74, 6) is 0.178. The topological polar surface area (TPSA) is 110 Å². The molecule has 8 heteroatoms. The van der Waals surface area contributed by atoms with Crippen molar-refractivity contribution in [1.82, 2.24) is 25.8 Å². The Morgan fingerprint density at radius 2 is 1.89 bits per heavy atom. The van der Waals surface area contributed by atoms with Crippen molar-refractivity contribution in [2.24, 2.45) is 0 Å². The molecule has 0 radical (unpaired) electrons. The van der Waals surface area contributed by atoms with Crippen molar-refractivity contribution in [3.05, 3.63) is 65.8 Å². The smallest absolute Gasteiger partial charge is 0.246 e. The zero-order valence-electron chi connectivity index (χ0n) is 15.5. The molecule has 0 atom stereocenters. The molecule has 0 saturated heterocycles. The molecule has 0 aliphatic rings. The van der Waals surface area contributed by atoms with Crippen LogP contribution in [0.5, 0.6) is 0 Å². The van der Waals surface area contributed by atoms with Gasteiger partial charge in [-0.05, 0) is 31.0 Å². The molecule has 2 amide bonds. The van der Waals surface area contributed by atoms with E-state index in [2.05, 4.69) is 25.8 Å². The predicted octanol–water partition coefficient (Wildman–Crippen LogP) is 1.81. The number of benzene rings is 1. The van der Waals surface area contributed by atoms with Crippen LogP contribution in [0, 0.1) is 6.92 Å². The van der Waals surface area contributed by atoms with E-state index in [0.717, 1.165) is 11.1 Å². The van der Waals surface area contributed by atoms with E-state index in [1.807, 2.05) is 37.3 Å². The molecule has 0 fully saturated rings. The van der Waals surface area contributed by atoms with Gasteiger partial charge < -0.3 is 15.2 Å². The summed E-state index contributed by atoms with van der Waals surface area (Å²) in [4.78, 5) is 32.0. The van der Waals surface area contributed by atoms with Gasteiger partial charge in [-0.3, -0.25) is 14.6 Å². The highest BCUT2D eigenvalue weighted by Crippen LogP contribution is 2.13. The van der Waals surface area contributed by atoms with E-state index in [0.29, 0.717) is 18.7 Å².